The number of thioether (sulfide) groups is 1. The molecule has 1 atom stereocenters. The molecule has 1 aliphatic carbocycles. The molecule has 2 aliphatic heterocycles. The van der Waals surface area contributed by atoms with Crippen molar-refractivity contribution in [2.45, 2.75) is 36.2 Å². The molecular weight excluding hydrogens is 270 g/mol. The van der Waals surface area contributed by atoms with Gasteiger partial charge in [-0.1, -0.05) is 0 Å². The fourth-order valence-corrected chi connectivity index (χ4v) is 3.87. The van der Waals surface area contributed by atoms with Crippen LogP contribution in [-0.2, 0) is 4.79 Å². The molecule has 5 heteroatoms. The van der Waals surface area contributed by atoms with Gasteiger partial charge in [0.25, 0.3) is 0 Å². The van der Waals surface area contributed by atoms with E-state index >= 15 is 0 Å². The number of benzene rings is 1. The van der Waals surface area contributed by atoms with Crippen molar-refractivity contribution in [2.24, 2.45) is 0 Å². The van der Waals surface area contributed by atoms with Gasteiger partial charge in [-0.05, 0) is 37.5 Å². The van der Waals surface area contributed by atoms with Gasteiger partial charge in [-0.25, -0.2) is 0 Å². The summed E-state index contributed by atoms with van der Waals surface area (Å²) in [4.78, 5) is 15.2. The molecule has 1 aromatic carbocycles. The van der Waals surface area contributed by atoms with Crippen molar-refractivity contribution in [1.29, 1.82) is 0 Å². The second kappa shape index (κ2) is 4.97. The fraction of sp³-hybridized carbons (Fsp3) is 0.533. The van der Waals surface area contributed by atoms with Crippen molar-refractivity contribution < 1.29 is 4.79 Å². The molecule has 4 nitrogen and oxygen atoms in total. The van der Waals surface area contributed by atoms with Gasteiger partial charge in [-0.3, -0.25) is 9.69 Å². The van der Waals surface area contributed by atoms with E-state index in [0.29, 0.717) is 11.8 Å². The first-order valence-corrected chi connectivity index (χ1v) is 8.34. The number of rotatable bonds is 3. The van der Waals surface area contributed by atoms with Gasteiger partial charge in [-0.15, -0.1) is 11.8 Å². The van der Waals surface area contributed by atoms with Gasteiger partial charge in [-0.2, -0.15) is 0 Å². The molecule has 20 heavy (non-hydrogen) atoms. The summed E-state index contributed by atoms with van der Waals surface area (Å²) in [6.07, 6.45) is 3.98. The van der Waals surface area contributed by atoms with Gasteiger partial charge in [0.15, 0.2) is 0 Å². The molecule has 106 valence electrons. The Morgan fingerprint density at radius 2 is 2.20 bits per heavy atom. The molecule has 0 radical (unpaired) electrons. The van der Waals surface area contributed by atoms with E-state index in [1.165, 1.54) is 30.7 Å². The van der Waals surface area contributed by atoms with Crippen molar-refractivity contribution in [3.63, 3.8) is 0 Å². The number of carbonyl (C=O) groups is 1. The zero-order valence-electron chi connectivity index (χ0n) is 11.4. The average molecular weight is 289 g/mol. The van der Waals surface area contributed by atoms with Crippen molar-refractivity contribution in [2.75, 3.05) is 29.5 Å². The second-order valence-electron chi connectivity index (χ2n) is 5.90. The van der Waals surface area contributed by atoms with Crippen LogP contribution in [0.4, 0.5) is 11.4 Å². The van der Waals surface area contributed by atoms with Crippen molar-refractivity contribution >= 4 is 29.0 Å². The summed E-state index contributed by atoms with van der Waals surface area (Å²) in [5, 5.41) is 6.57. The monoisotopic (exact) mass is 289 g/mol. The Kier molecular flexibility index (Phi) is 3.11. The first kappa shape index (κ1) is 12.5. The Bertz CT molecular complexity index is 544. The maximum Gasteiger partial charge on any atom is 0.234 e. The second-order valence-corrected chi connectivity index (χ2v) is 6.92. The molecule has 0 bridgehead atoms. The third-order valence-electron chi connectivity index (χ3n) is 4.27. The zero-order valence-corrected chi connectivity index (χ0v) is 12.2. The van der Waals surface area contributed by atoms with Crippen LogP contribution < -0.4 is 10.6 Å². The normalized spacial score (nSPS) is 26.2. The molecule has 1 aromatic rings. The predicted molar refractivity (Wildman–Crippen MR) is 82.4 cm³/mol. The van der Waals surface area contributed by atoms with Gasteiger partial charge in [0.1, 0.15) is 0 Å². The molecule has 1 amide bonds. The number of nitrogens with one attached hydrogen (secondary N) is 2. The highest BCUT2D eigenvalue weighted by atomic mass is 32.2. The van der Waals surface area contributed by atoms with E-state index in [0.717, 1.165) is 24.0 Å². The first-order chi connectivity index (χ1) is 9.78. The van der Waals surface area contributed by atoms with Gasteiger partial charge < -0.3 is 10.6 Å². The number of anilines is 2. The SMILES string of the molecule is O=C1CSc2ccc(NC3CCN(C4CC4)C3)cc2N1. The minimum atomic E-state index is 0.0976. The van der Waals surface area contributed by atoms with Crippen LogP contribution in [0.25, 0.3) is 0 Å². The van der Waals surface area contributed by atoms with Crippen LogP contribution in [0.2, 0.25) is 0 Å². The maximum absolute atomic E-state index is 11.4. The molecular formula is C15H19N3OS. The summed E-state index contributed by atoms with van der Waals surface area (Å²) in [7, 11) is 0. The minimum absolute atomic E-state index is 0.0976. The molecule has 3 aliphatic rings. The van der Waals surface area contributed by atoms with Crippen LogP contribution >= 0.6 is 11.8 Å². The average Bonchev–Trinajstić information content (AvgIpc) is 3.19. The third kappa shape index (κ3) is 2.52. The van der Waals surface area contributed by atoms with E-state index in [2.05, 4.69) is 33.7 Å². The number of hydrogen-bond acceptors (Lipinski definition) is 4. The highest BCUT2D eigenvalue weighted by Gasteiger charge is 2.34. The van der Waals surface area contributed by atoms with Crippen LogP contribution in [0, 0.1) is 0 Å². The highest BCUT2D eigenvalue weighted by Crippen LogP contribution is 2.34. The van der Waals surface area contributed by atoms with Crippen LogP contribution in [-0.4, -0.2) is 41.7 Å². The number of hydrogen-bond donors (Lipinski definition) is 2. The molecule has 2 heterocycles. The Morgan fingerprint density at radius 3 is 3.05 bits per heavy atom. The summed E-state index contributed by atoms with van der Waals surface area (Å²) < 4.78 is 0. The van der Waals surface area contributed by atoms with Gasteiger partial charge in [0.2, 0.25) is 5.91 Å². The summed E-state index contributed by atoms with van der Waals surface area (Å²) in [5.41, 5.74) is 2.07. The van der Waals surface area contributed by atoms with Crippen LogP contribution in [0.15, 0.2) is 23.1 Å². The highest BCUT2D eigenvalue weighted by molar-refractivity contribution is 8.00. The lowest BCUT2D eigenvalue weighted by Gasteiger charge is -2.20. The molecule has 0 spiro atoms. The van der Waals surface area contributed by atoms with Gasteiger partial charge >= 0.3 is 0 Å². The summed E-state index contributed by atoms with van der Waals surface area (Å²) >= 11 is 1.61. The van der Waals surface area contributed by atoms with E-state index in [-0.39, 0.29) is 5.91 Å². The summed E-state index contributed by atoms with van der Waals surface area (Å²) in [6.45, 7) is 2.38. The minimum Gasteiger partial charge on any atom is -0.381 e. The molecule has 2 N–H and O–H groups in total. The zero-order chi connectivity index (χ0) is 13.5. The number of carbonyl (C=O) groups excluding carboxylic acids is 1. The molecule has 1 saturated heterocycles. The van der Waals surface area contributed by atoms with Crippen molar-refractivity contribution in [3.05, 3.63) is 18.2 Å². The number of amides is 1. The van der Waals surface area contributed by atoms with E-state index in [9.17, 15) is 4.79 Å². The van der Waals surface area contributed by atoms with Crippen LogP contribution in [0.5, 0.6) is 0 Å². The quantitative estimate of drug-likeness (QED) is 0.897. The van der Waals surface area contributed by atoms with Crippen molar-refractivity contribution in [3.8, 4) is 0 Å². The first-order valence-electron chi connectivity index (χ1n) is 7.35. The predicted octanol–water partition coefficient (Wildman–Crippen LogP) is 2.38. The largest absolute Gasteiger partial charge is 0.381 e. The molecule has 2 fully saturated rings. The van der Waals surface area contributed by atoms with Gasteiger partial charge in [0, 0.05) is 35.8 Å². The Hall–Kier alpha value is -1.20. The smallest absolute Gasteiger partial charge is 0.234 e. The molecule has 0 aromatic heterocycles. The molecule has 1 saturated carbocycles. The van der Waals surface area contributed by atoms with Crippen molar-refractivity contribution in [1.82, 2.24) is 4.90 Å². The Balaban J connectivity index is 1.44. The van der Waals surface area contributed by atoms with Gasteiger partial charge in [0.05, 0.1) is 11.4 Å². The van der Waals surface area contributed by atoms with E-state index in [1.54, 1.807) is 11.8 Å². The lowest BCUT2D eigenvalue weighted by Crippen LogP contribution is -2.27. The Labute approximate surface area is 123 Å². The number of nitrogens with zero attached hydrogens (tertiary/aromatic N) is 1. The standard InChI is InChI=1S/C15H19N3OS/c19-15-9-20-14-4-1-10(7-13(14)17-15)16-11-5-6-18(8-11)12-2-3-12/h1,4,7,11-12,16H,2-3,5-6,8-9H2,(H,17,19). The van der Waals surface area contributed by atoms with Crippen LogP contribution in [0.3, 0.4) is 0 Å². The summed E-state index contributed by atoms with van der Waals surface area (Å²) in [5.74, 6) is 0.624. The topological polar surface area (TPSA) is 44.4 Å². The Morgan fingerprint density at radius 1 is 1.30 bits per heavy atom. The van der Waals surface area contributed by atoms with E-state index in [1.807, 2.05) is 0 Å². The lowest BCUT2D eigenvalue weighted by atomic mass is 10.2. The number of likely N-dealkylation sites (tertiary alicyclic amines) is 1. The number of fused-ring (bicyclic) bond motifs is 1. The molecule has 4 rings (SSSR count). The van der Waals surface area contributed by atoms with E-state index in [4.69, 9.17) is 0 Å². The molecule has 1 unspecified atom stereocenters. The lowest BCUT2D eigenvalue weighted by molar-refractivity contribution is -0.113. The summed E-state index contributed by atoms with van der Waals surface area (Å²) in [6, 6.07) is 7.71. The van der Waals surface area contributed by atoms with Crippen LogP contribution in [0.1, 0.15) is 19.3 Å². The van der Waals surface area contributed by atoms with E-state index < -0.39 is 0 Å². The maximum atomic E-state index is 11.4. The fourth-order valence-electron chi connectivity index (χ4n) is 3.09. The third-order valence-corrected chi connectivity index (χ3v) is 5.34.